The van der Waals surface area contributed by atoms with Crippen LogP contribution in [0, 0.1) is 29.1 Å². The van der Waals surface area contributed by atoms with E-state index in [1.54, 1.807) is 10.9 Å². The molecule has 0 unspecified atom stereocenters. The summed E-state index contributed by atoms with van der Waals surface area (Å²) in [7, 11) is 2.05. The Morgan fingerprint density at radius 2 is 1.96 bits per heavy atom. The van der Waals surface area contributed by atoms with Crippen molar-refractivity contribution in [3.63, 3.8) is 0 Å². The van der Waals surface area contributed by atoms with Crippen molar-refractivity contribution in [1.82, 2.24) is 19.9 Å². The zero-order chi connectivity index (χ0) is 18.0. The van der Waals surface area contributed by atoms with Crippen molar-refractivity contribution in [3.8, 4) is 6.07 Å². The Hall–Kier alpha value is -1.94. The molecule has 1 saturated carbocycles. The third-order valence-electron chi connectivity index (χ3n) is 5.92. The first-order valence-corrected chi connectivity index (χ1v) is 9.15. The average molecular weight is 343 g/mol. The molecule has 1 saturated heterocycles. The maximum atomic E-state index is 12.1. The molecule has 2 fully saturated rings. The molecule has 1 amide bonds. The van der Waals surface area contributed by atoms with Crippen LogP contribution in [0.4, 0.5) is 0 Å². The molecule has 2 N–H and O–H groups in total. The van der Waals surface area contributed by atoms with E-state index in [0.29, 0.717) is 30.4 Å². The molecule has 1 aromatic heterocycles. The monoisotopic (exact) mass is 343 g/mol. The number of nitrogens with zero attached hydrogens (tertiary/aromatic N) is 5. The first kappa shape index (κ1) is 17.9. The van der Waals surface area contributed by atoms with Gasteiger partial charge in [-0.3, -0.25) is 4.79 Å². The number of carbonyl (C=O) groups is 1. The second-order valence-corrected chi connectivity index (χ2v) is 7.73. The van der Waals surface area contributed by atoms with Crippen LogP contribution in [0.5, 0.6) is 0 Å². The summed E-state index contributed by atoms with van der Waals surface area (Å²) in [5.74, 6) is 1.01. The first-order valence-electron chi connectivity index (χ1n) is 9.15. The van der Waals surface area contributed by atoms with Gasteiger partial charge in [0.1, 0.15) is 11.6 Å². The van der Waals surface area contributed by atoms with Gasteiger partial charge in [-0.05, 0) is 44.6 Å². The third-order valence-corrected chi connectivity index (χ3v) is 5.92. The van der Waals surface area contributed by atoms with E-state index >= 15 is 0 Å². The first-order chi connectivity index (χ1) is 11.9. The number of aromatic nitrogens is 3. The van der Waals surface area contributed by atoms with E-state index in [2.05, 4.69) is 35.3 Å². The van der Waals surface area contributed by atoms with Gasteiger partial charge in [0.05, 0.1) is 12.3 Å². The molecule has 135 valence electrons. The number of carbonyl (C=O) groups excluding carboxylic acids is 1. The Morgan fingerprint density at radius 1 is 1.32 bits per heavy atom. The lowest BCUT2D eigenvalue weighted by molar-refractivity contribution is -0.116. The SMILES string of the molecule is CC1CCC([C](C(N)=O)c2cn(C3(C#N)CCN(C)CC3)nn2)CC1. The van der Waals surface area contributed by atoms with Crippen LogP contribution < -0.4 is 5.73 Å². The lowest BCUT2D eigenvalue weighted by atomic mass is 9.75. The molecule has 3 rings (SSSR count). The van der Waals surface area contributed by atoms with E-state index in [1.165, 1.54) is 0 Å². The highest BCUT2D eigenvalue weighted by atomic mass is 16.1. The fourth-order valence-electron chi connectivity index (χ4n) is 4.06. The van der Waals surface area contributed by atoms with Crippen molar-refractivity contribution in [3.05, 3.63) is 17.8 Å². The van der Waals surface area contributed by atoms with Crippen LogP contribution in [0.15, 0.2) is 6.20 Å². The minimum atomic E-state index is -0.679. The summed E-state index contributed by atoms with van der Waals surface area (Å²) in [6.45, 7) is 3.93. The molecular formula is C18H27N6O. The molecule has 25 heavy (non-hydrogen) atoms. The smallest absolute Gasteiger partial charge is 0.231 e. The Morgan fingerprint density at radius 3 is 2.52 bits per heavy atom. The number of nitriles is 1. The Kier molecular flexibility index (Phi) is 5.09. The predicted molar refractivity (Wildman–Crippen MR) is 93.0 cm³/mol. The maximum absolute atomic E-state index is 12.1. The minimum Gasteiger partial charge on any atom is -0.369 e. The summed E-state index contributed by atoms with van der Waals surface area (Å²) >= 11 is 0. The van der Waals surface area contributed by atoms with Crippen molar-refractivity contribution in [2.24, 2.45) is 17.6 Å². The number of amides is 1. The van der Waals surface area contributed by atoms with Crippen molar-refractivity contribution < 1.29 is 4.79 Å². The molecule has 7 heteroatoms. The summed E-state index contributed by atoms with van der Waals surface area (Å²) in [5.41, 5.74) is 5.54. The standard InChI is InChI=1S/C18H27N6O/c1-13-3-5-14(6-4-13)16(17(20)25)15-11-24(22-21-15)18(12-19)7-9-23(2)10-8-18/h11,13-14H,3-10H2,1-2H3,(H2,20,25). The second kappa shape index (κ2) is 7.12. The molecule has 2 aliphatic rings. The fraction of sp³-hybridized carbons (Fsp3) is 0.722. The molecule has 1 radical (unpaired) electrons. The normalized spacial score (nSPS) is 27.1. The van der Waals surface area contributed by atoms with Gasteiger partial charge in [0.25, 0.3) is 0 Å². The molecule has 1 aliphatic carbocycles. The summed E-state index contributed by atoms with van der Waals surface area (Å²) < 4.78 is 1.66. The van der Waals surface area contributed by atoms with E-state index in [1.807, 2.05) is 0 Å². The Balaban J connectivity index is 1.83. The average Bonchev–Trinajstić information content (AvgIpc) is 3.08. The molecule has 0 spiro atoms. The summed E-state index contributed by atoms with van der Waals surface area (Å²) in [6.07, 6.45) is 7.28. The van der Waals surface area contributed by atoms with Gasteiger partial charge >= 0.3 is 0 Å². The summed E-state index contributed by atoms with van der Waals surface area (Å²) in [6, 6.07) is 2.43. The van der Waals surface area contributed by atoms with Crippen molar-refractivity contribution in [1.29, 1.82) is 5.26 Å². The fourth-order valence-corrected chi connectivity index (χ4v) is 4.06. The third kappa shape index (κ3) is 3.54. The summed E-state index contributed by atoms with van der Waals surface area (Å²) in [4.78, 5) is 14.3. The number of piperidine rings is 1. The van der Waals surface area contributed by atoms with Crippen LogP contribution in [0.2, 0.25) is 0 Å². The van der Waals surface area contributed by atoms with E-state index < -0.39 is 11.4 Å². The van der Waals surface area contributed by atoms with Crippen LogP contribution in [0.1, 0.15) is 51.1 Å². The lowest BCUT2D eigenvalue weighted by Gasteiger charge is -2.35. The van der Waals surface area contributed by atoms with E-state index in [9.17, 15) is 10.1 Å². The Bertz CT molecular complexity index is 647. The largest absolute Gasteiger partial charge is 0.369 e. The molecular weight excluding hydrogens is 316 g/mol. The highest BCUT2D eigenvalue weighted by Gasteiger charge is 2.39. The van der Waals surface area contributed by atoms with Crippen molar-refractivity contribution >= 4 is 5.91 Å². The van der Waals surface area contributed by atoms with Gasteiger partial charge in [0.15, 0.2) is 5.54 Å². The van der Waals surface area contributed by atoms with E-state index in [4.69, 9.17) is 5.73 Å². The van der Waals surface area contributed by atoms with Gasteiger partial charge in [-0.1, -0.05) is 25.0 Å². The lowest BCUT2D eigenvalue weighted by Crippen LogP contribution is -2.44. The molecule has 0 bridgehead atoms. The quantitative estimate of drug-likeness (QED) is 0.892. The maximum Gasteiger partial charge on any atom is 0.231 e. The van der Waals surface area contributed by atoms with Crippen LogP contribution in [0.25, 0.3) is 0 Å². The number of primary amides is 1. The molecule has 7 nitrogen and oxygen atoms in total. The number of hydrogen-bond acceptors (Lipinski definition) is 5. The topological polar surface area (TPSA) is 101 Å². The predicted octanol–water partition coefficient (Wildman–Crippen LogP) is 1.46. The van der Waals surface area contributed by atoms with Crippen LogP contribution >= 0.6 is 0 Å². The van der Waals surface area contributed by atoms with Gasteiger partial charge in [-0.2, -0.15) is 5.26 Å². The van der Waals surface area contributed by atoms with Crippen molar-refractivity contribution in [2.45, 2.75) is 51.0 Å². The number of rotatable bonds is 4. The molecule has 0 aromatic carbocycles. The van der Waals surface area contributed by atoms with Crippen LogP contribution in [-0.4, -0.2) is 45.9 Å². The molecule has 1 aliphatic heterocycles. The highest BCUT2D eigenvalue weighted by molar-refractivity contribution is 5.92. The molecule has 1 aromatic rings. The minimum absolute atomic E-state index is 0.148. The van der Waals surface area contributed by atoms with Gasteiger partial charge < -0.3 is 10.6 Å². The second-order valence-electron chi connectivity index (χ2n) is 7.73. The zero-order valence-electron chi connectivity index (χ0n) is 15.1. The number of nitrogens with two attached hydrogens (primary N) is 1. The van der Waals surface area contributed by atoms with Crippen LogP contribution in [0.3, 0.4) is 0 Å². The van der Waals surface area contributed by atoms with Crippen LogP contribution in [-0.2, 0) is 10.3 Å². The van der Waals surface area contributed by atoms with E-state index in [0.717, 1.165) is 38.8 Å². The van der Waals surface area contributed by atoms with Gasteiger partial charge in [-0.15, -0.1) is 5.10 Å². The number of hydrogen-bond donors (Lipinski definition) is 1. The zero-order valence-corrected chi connectivity index (χ0v) is 15.1. The van der Waals surface area contributed by atoms with E-state index in [-0.39, 0.29) is 5.92 Å². The van der Waals surface area contributed by atoms with Gasteiger partial charge in [0, 0.05) is 13.1 Å². The highest BCUT2D eigenvalue weighted by Crippen LogP contribution is 2.37. The van der Waals surface area contributed by atoms with Gasteiger partial charge in [0.2, 0.25) is 5.91 Å². The molecule has 0 atom stereocenters. The summed E-state index contributed by atoms with van der Waals surface area (Å²) in [5, 5.41) is 18.2. The van der Waals surface area contributed by atoms with Gasteiger partial charge in [-0.25, -0.2) is 4.68 Å². The Labute approximate surface area is 149 Å². The molecule has 2 heterocycles. The van der Waals surface area contributed by atoms with Crippen molar-refractivity contribution in [2.75, 3.05) is 20.1 Å². The number of likely N-dealkylation sites (tertiary alicyclic amines) is 1.